The van der Waals surface area contributed by atoms with Gasteiger partial charge in [-0.1, -0.05) is 5.11 Å². The molecule has 2 aromatic carbocycles. The fourth-order valence-corrected chi connectivity index (χ4v) is 3.41. The summed E-state index contributed by atoms with van der Waals surface area (Å²) in [6.07, 6.45) is 4.81. The van der Waals surface area contributed by atoms with Crippen molar-refractivity contribution in [3.05, 3.63) is 83.0 Å². The molecule has 34 heavy (non-hydrogen) atoms. The van der Waals surface area contributed by atoms with Crippen LogP contribution in [0, 0.1) is 6.92 Å². The van der Waals surface area contributed by atoms with Gasteiger partial charge >= 0.3 is 0 Å². The minimum Gasteiger partial charge on any atom is -0.457 e. The van der Waals surface area contributed by atoms with E-state index in [1.165, 1.54) is 6.26 Å². The molecule has 0 unspecified atom stereocenters. The first-order chi connectivity index (χ1) is 16.6. The van der Waals surface area contributed by atoms with Crippen molar-refractivity contribution < 1.29 is 9.15 Å². The van der Waals surface area contributed by atoms with Crippen LogP contribution in [0.3, 0.4) is 0 Å². The Morgan fingerprint density at radius 3 is 2.91 bits per heavy atom. The van der Waals surface area contributed by atoms with Gasteiger partial charge in [0.25, 0.3) is 5.89 Å². The lowest BCUT2D eigenvalue weighted by atomic mass is 10.2. The third kappa shape index (κ3) is 4.36. The summed E-state index contributed by atoms with van der Waals surface area (Å²) in [5.74, 6) is 2.61. The number of aromatic nitrogens is 5. The minimum atomic E-state index is 0.0986. The highest BCUT2D eigenvalue weighted by molar-refractivity contribution is 5.77. The number of fused-ring (bicyclic) bond motifs is 1. The highest BCUT2D eigenvalue weighted by Gasteiger charge is 2.11. The van der Waals surface area contributed by atoms with Gasteiger partial charge in [-0.2, -0.15) is 0 Å². The van der Waals surface area contributed by atoms with Crippen molar-refractivity contribution in [2.75, 3.05) is 5.32 Å². The number of rotatable bonds is 7. The zero-order valence-electron chi connectivity index (χ0n) is 18.4. The molecule has 0 bridgehead atoms. The molecule has 3 aromatic heterocycles. The van der Waals surface area contributed by atoms with Gasteiger partial charge in [0, 0.05) is 29.9 Å². The van der Waals surface area contributed by atoms with Crippen LogP contribution in [-0.4, -0.2) is 24.5 Å². The molecule has 0 aliphatic heterocycles. The minimum absolute atomic E-state index is 0.0986. The highest BCUT2D eigenvalue weighted by Crippen LogP contribution is 2.30. The molecule has 0 saturated heterocycles. The van der Waals surface area contributed by atoms with Crippen LogP contribution in [0.15, 0.2) is 70.8 Å². The van der Waals surface area contributed by atoms with E-state index in [0.29, 0.717) is 17.3 Å². The van der Waals surface area contributed by atoms with Crippen LogP contribution < -0.4 is 10.1 Å². The average Bonchev–Trinajstić information content (AvgIpc) is 3.46. The number of hydrogen-bond donors (Lipinski definition) is 1. The van der Waals surface area contributed by atoms with E-state index < -0.39 is 0 Å². The fourth-order valence-electron chi connectivity index (χ4n) is 3.41. The Labute approximate surface area is 193 Å². The second-order valence-electron chi connectivity index (χ2n) is 7.51. The molecular formula is C23H19N9O2. The second kappa shape index (κ2) is 8.93. The Morgan fingerprint density at radius 1 is 1.15 bits per heavy atom. The van der Waals surface area contributed by atoms with Gasteiger partial charge in [0.2, 0.25) is 5.82 Å². The molecule has 0 radical (unpaired) electrons. The summed E-state index contributed by atoms with van der Waals surface area (Å²) in [6.45, 7) is 2.07. The number of aryl methyl sites for hydroxylation is 2. The topological polar surface area (TPSA) is 140 Å². The van der Waals surface area contributed by atoms with Gasteiger partial charge in [-0.3, -0.25) is 0 Å². The van der Waals surface area contributed by atoms with Crippen LogP contribution in [0.2, 0.25) is 0 Å². The van der Waals surface area contributed by atoms with Gasteiger partial charge in [-0.15, -0.1) is 0 Å². The van der Waals surface area contributed by atoms with Crippen molar-refractivity contribution in [2.45, 2.75) is 13.5 Å². The SMILES string of the molecule is Cc1cc(Nc2ccnc(-c3nc(CN=[N+]=[N-])co3)n2)ccc1Oc1ccc2c(c1)ncn2C. The number of oxazole rings is 1. The van der Waals surface area contributed by atoms with Gasteiger partial charge < -0.3 is 19.0 Å². The van der Waals surface area contributed by atoms with Gasteiger partial charge in [0.1, 0.15) is 23.6 Å². The van der Waals surface area contributed by atoms with Crippen molar-refractivity contribution in [3.8, 4) is 23.2 Å². The van der Waals surface area contributed by atoms with Crippen molar-refractivity contribution in [3.63, 3.8) is 0 Å². The van der Waals surface area contributed by atoms with Crippen LogP contribution in [0.5, 0.6) is 11.5 Å². The molecule has 3 heterocycles. The van der Waals surface area contributed by atoms with Crippen molar-refractivity contribution in [2.24, 2.45) is 12.2 Å². The van der Waals surface area contributed by atoms with E-state index in [1.807, 2.05) is 54.9 Å². The number of imidazole rings is 1. The molecule has 0 aliphatic rings. The normalized spacial score (nSPS) is 10.8. The molecule has 0 amide bonds. The molecular weight excluding hydrogens is 434 g/mol. The molecule has 0 spiro atoms. The molecule has 5 rings (SSSR count). The maximum Gasteiger partial charge on any atom is 0.265 e. The number of ether oxygens (including phenoxy) is 1. The lowest BCUT2D eigenvalue weighted by Crippen LogP contribution is -1.98. The Balaban J connectivity index is 1.31. The number of nitrogens with zero attached hydrogens (tertiary/aromatic N) is 8. The standard InChI is InChI=1S/C23H19N9O2/c1-14-9-15(3-6-20(14)34-17-4-5-19-18(10-17)26-13-32(19)2)28-21-7-8-25-22(30-21)23-29-16(12-33-23)11-27-31-24/h3-10,12-13H,11H2,1-2H3,(H,25,28,30). The molecule has 5 aromatic rings. The maximum atomic E-state index is 8.43. The molecule has 11 heteroatoms. The molecule has 0 saturated carbocycles. The zero-order chi connectivity index (χ0) is 23.5. The zero-order valence-corrected chi connectivity index (χ0v) is 18.4. The summed E-state index contributed by atoms with van der Waals surface area (Å²) in [4.78, 5) is 20.0. The Morgan fingerprint density at radius 2 is 2.06 bits per heavy atom. The Hall–Kier alpha value is -4.89. The van der Waals surface area contributed by atoms with Crippen LogP contribution in [0.1, 0.15) is 11.3 Å². The van der Waals surface area contributed by atoms with Crippen LogP contribution in [-0.2, 0) is 13.6 Å². The number of anilines is 2. The van der Waals surface area contributed by atoms with Crippen molar-refractivity contribution in [1.82, 2.24) is 24.5 Å². The first kappa shape index (κ1) is 21.0. The Bertz CT molecular complexity index is 1530. The summed E-state index contributed by atoms with van der Waals surface area (Å²) < 4.78 is 13.5. The van der Waals surface area contributed by atoms with Crippen LogP contribution in [0.4, 0.5) is 11.5 Å². The quantitative estimate of drug-likeness (QED) is 0.190. The number of azide groups is 1. The smallest absolute Gasteiger partial charge is 0.265 e. The number of nitrogens with one attached hydrogen (secondary N) is 1. The van der Waals surface area contributed by atoms with E-state index in [0.717, 1.165) is 33.8 Å². The maximum absolute atomic E-state index is 8.43. The van der Waals surface area contributed by atoms with Crippen LogP contribution >= 0.6 is 0 Å². The number of hydrogen-bond acceptors (Lipinski definition) is 8. The average molecular weight is 453 g/mol. The van der Waals surface area contributed by atoms with Gasteiger partial charge in [-0.25, -0.2) is 19.9 Å². The van der Waals surface area contributed by atoms with Crippen LogP contribution in [0.25, 0.3) is 33.2 Å². The molecule has 168 valence electrons. The first-order valence-electron chi connectivity index (χ1n) is 10.3. The summed E-state index contributed by atoms with van der Waals surface area (Å²) in [7, 11) is 1.96. The fraction of sp³-hybridized carbons (Fsp3) is 0.130. The van der Waals surface area contributed by atoms with Gasteiger partial charge in [-0.05, 0) is 54.4 Å². The Kier molecular flexibility index (Phi) is 5.51. The molecule has 0 aliphatic carbocycles. The predicted octanol–water partition coefficient (Wildman–Crippen LogP) is 5.67. The summed E-state index contributed by atoms with van der Waals surface area (Å²) in [5, 5.41) is 6.73. The van der Waals surface area contributed by atoms with Gasteiger partial charge in [0.05, 0.1) is 29.6 Å². The first-order valence-corrected chi connectivity index (χ1v) is 10.3. The number of benzene rings is 2. The largest absolute Gasteiger partial charge is 0.457 e. The third-order valence-electron chi connectivity index (χ3n) is 5.07. The second-order valence-corrected chi connectivity index (χ2v) is 7.51. The van der Waals surface area contributed by atoms with Crippen molar-refractivity contribution >= 4 is 22.5 Å². The molecule has 1 N–H and O–H groups in total. The summed E-state index contributed by atoms with van der Waals surface area (Å²) in [5.41, 5.74) is 12.7. The third-order valence-corrected chi connectivity index (χ3v) is 5.07. The van der Waals surface area contributed by atoms with E-state index in [2.05, 4.69) is 35.3 Å². The highest BCUT2D eigenvalue weighted by atomic mass is 16.5. The predicted molar refractivity (Wildman–Crippen MR) is 126 cm³/mol. The van der Waals surface area contributed by atoms with E-state index in [1.54, 1.807) is 18.6 Å². The monoisotopic (exact) mass is 453 g/mol. The summed E-state index contributed by atoms with van der Waals surface area (Å²) >= 11 is 0. The lowest BCUT2D eigenvalue weighted by Gasteiger charge is -2.12. The molecule has 11 nitrogen and oxygen atoms in total. The van der Waals surface area contributed by atoms with E-state index >= 15 is 0 Å². The lowest BCUT2D eigenvalue weighted by molar-refractivity contribution is 0.479. The van der Waals surface area contributed by atoms with Crippen molar-refractivity contribution in [1.29, 1.82) is 0 Å². The van der Waals surface area contributed by atoms with Gasteiger partial charge in [0.15, 0.2) is 0 Å². The summed E-state index contributed by atoms with van der Waals surface area (Å²) in [6, 6.07) is 13.4. The van der Waals surface area contributed by atoms with E-state index in [-0.39, 0.29) is 12.4 Å². The van der Waals surface area contributed by atoms with E-state index in [9.17, 15) is 0 Å². The molecule has 0 atom stereocenters. The van der Waals surface area contributed by atoms with E-state index in [4.69, 9.17) is 14.7 Å². The molecule has 0 fully saturated rings.